The number of hydrogen-bond acceptors (Lipinski definition) is 2. The van der Waals surface area contributed by atoms with Crippen molar-refractivity contribution in [3.63, 3.8) is 0 Å². The second kappa shape index (κ2) is 11.8. The van der Waals surface area contributed by atoms with Crippen molar-refractivity contribution in [3.05, 3.63) is 0 Å². The molecule has 80 valence electrons. The Morgan fingerprint density at radius 1 is 1.08 bits per heavy atom. The Bertz CT molecular complexity index is 115. The van der Waals surface area contributed by atoms with Gasteiger partial charge in [-0.15, -0.1) is 12.4 Å². The lowest BCUT2D eigenvalue weighted by Crippen LogP contribution is -2.02. The molecule has 0 N–H and O–H groups in total. The Balaban J connectivity index is 0. The first kappa shape index (κ1) is 15.2. The lowest BCUT2D eigenvalue weighted by molar-refractivity contribution is -0.143. The molecule has 2 nitrogen and oxygen atoms in total. The first-order valence-electron chi connectivity index (χ1n) is 4.96. The maximum atomic E-state index is 10.9. The van der Waals surface area contributed by atoms with Gasteiger partial charge in [0, 0.05) is 6.42 Å². The second-order valence-corrected chi connectivity index (χ2v) is 2.97. The number of hydrogen-bond donors (Lipinski definition) is 0. The number of halogens is 1. The van der Waals surface area contributed by atoms with Crippen LogP contribution >= 0.6 is 12.4 Å². The maximum absolute atomic E-state index is 10.9. The van der Waals surface area contributed by atoms with Crippen LogP contribution in [0.15, 0.2) is 0 Å². The Hall–Kier alpha value is -0.240. The normalized spacial score (nSPS) is 9.08. The van der Waals surface area contributed by atoms with E-state index in [0.29, 0.717) is 13.0 Å². The average molecular weight is 209 g/mol. The van der Waals surface area contributed by atoms with E-state index in [1.165, 1.54) is 19.3 Å². The number of carbonyl (C=O) groups is 1. The third kappa shape index (κ3) is 11.8. The van der Waals surface area contributed by atoms with Gasteiger partial charge in [0.05, 0.1) is 6.61 Å². The Morgan fingerprint density at radius 2 is 1.69 bits per heavy atom. The zero-order valence-corrected chi connectivity index (χ0v) is 9.49. The Labute approximate surface area is 87.5 Å². The molecule has 0 aliphatic carbocycles. The predicted octanol–water partition coefficient (Wildman–Crippen LogP) is 3.33. The van der Waals surface area contributed by atoms with Gasteiger partial charge in [-0.3, -0.25) is 4.79 Å². The lowest BCUT2D eigenvalue weighted by atomic mass is 10.1. The van der Waals surface area contributed by atoms with Gasteiger partial charge in [0.1, 0.15) is 0 Å². The summed E-state index contributed by atoms with van der Waals surface area (Å²) in [6.45, 7) is 4.54. The van der Waals surface area contributed by atoms with E-state index >= 15 is 0 Å². The monoisotopic (exact) mass is 208 g/mol. The molecule has 0 heterocycles. The van der Waals surface area contributed by atoms with Gasteiger partial charge in [-0.05, 0) is 13.3 Å². The van der Waals surface area contributed by atoms with Crippen LogP contribution < -0.4 is 0 Å². The smallest absolute Gasteiger partial charge is 0.305 e. The average Bonchev–Trinajstić information content (AvgIpc) is 2.05. The van der Waals surface area contributed by atoms with Crippen LogP contribution in [0.2, 0.25) is 0 Å². The SMILES string of the molecule is CCCCCCCC(=O)OCC.Cl. The molecular formula is C10H21ClO2. The van der Waals surface area contributed by atoms with E-state index in [4.69, 9.17) is 4.74 Å². The van der Waals surface area contributed by atoms with Crippen molar-refractivity contribution in [1.82, 2.24) is 0 Å². The van der Waals surface area contributed by atoms with Gasteiger partial charge in [0.15, 0.2) is 0 Å². The van der Waals surface area contributed by atoms with Gasteiger partial charge in [0.25, 0.3) is 0 Å². The molecule has 0 saturated carbocycles. The standard InChI is InChI=1S/C10H20O2.ClH/c1-3-5-6-7-8-9-10(11)12-4-2;/h3-9H2,1-2H3;1H. The summed E-state index contributed by atoms with van der Waals surface area (Å²) in [4.78, 5) is 10.9. The molecule has 0 atom stereocenters. The summed E-state index contributed by atoms with van der Waals surface area (Å²) in [6.07, 6.45) is 6.52. The molecule has 0 spiro atoms. The fourth-order valence-corrected chi connectivity index (χ4v) is 1.11. The maximum Gasteiger partial charge on any atom is 0.305 e. The molecule has 0 aliphatic heterocycles. The van der Waals surface area contributed by atoms with E-state index in [2.05, 4.69) is 6.92 Å². The molecule has 0 amide bonds. The van der Waals surface area contributed by atoms with Gasteiger partial charge in [0.2, 0.25) is 0 Å². The summed E-state index contributed by atoms with van der Waals surface area (Å²) >= 11 is 0. The minimum atomic E-state index is -0.0472. The number of unbranched alkanes of at least 4 members (excludes halogenated alkanes) is 4. The molecule has 0 radical (unpaired) electrons. The van der Waals surface area contributed by atoms with Crippen LogP contribution in [0.3, 0.4) is 0 Å². The zero-order valence-electron chi connectivity index (χ0n) is 8.67. The number of esters is 1. The Morgan fingerprint density at radius 3 is 2.23 bits per heavy atom. The van der Waals surface area contributed by atoms with Crippen LogP contribution in [0.4, 0.5) is 0 Å². The van der Waals surface area contributed by atoms with Crippen LogP contribution in [0.1, 0.15) is 52.4 Å². The van der Waals surface area contributed by atoms with Crippen molar-refractivity contribution in [2.75, 3.05) is 6.61 Å². The van der Waals surface area contributed by atoms with Crippen LogP contribution in [0, 0.1) is 0 Å². The van der Waals surface area contributed by atoms with E-state index < -0.39 is 0 Å². The van der Waals surface area contributed by atoms with Gasteiger partial charge in [-0.25, -0.2) is 0 Å². The first-order chi connectivity index (χ1) is 5.81. The summed E-state index contributed by atoms with van der Waals surface area (Å²) in [5.74, 6) is -0.0472. The minimum Gasteiger partial charge on any atom is -0.466 e. The van der Waals surface area contributed by atoms with Crippen molar-refractivity contribution >= 4 is 18.4 Å². The van der Waals surface area contributed by atoms with Crippen LogP contribution in [0.25, 0.3) is 0 Å². The zero-order chi connectivity index (χ0) is 9.23. The lowest BCUT2D eigenvalue weighted by Gasteiger charge is -2.00. The predicted molar refractivity (Wildman–Crippen MR) is 57.3 cm³/mol. The second-order valence-electron chi connectivity index (χ2n) is 2.97. The van der Waals surface area contributed by atoms with Crippen molar-refractivity contribution in [2.45, 2.75) is 52.4 Å². The van der Waals surface area contributed by atoms with Crippen molar-refractivity contribution in [3.8, 4) is 0 Å². The van der Waals surface area contributed by atoms with Gasteiger partial charge >= 0.3 is 5.97 Å². The quantitative estimate of drug-likeness (QED) is 0.474. The van der Waals surface area contributed by atoms with E-state index in [9.17, 15) is 4.79 Å². The van der Waals surface area contributed by atoms with Crippen LogP contribution in [-0.4, -0.2) is 12.6 Å². The van der Waals surface area contributed by atoms with E-state index in [1.54, 1.807) is 0 Å². The fraction of sp³-hybridized carbons (Fsp3) is 0.900. The molecule has 0 aromatic heterocycles. The number of carbonyl (C=O) groups excluding carboxylic acids is 1. The highest BCUT2D eigenvalue weighted by Crippen LogP contribution is 2.05. The third-order valence-corrected chi connectivity index (χ3v) is 1.79. The molecule has 0 rings (SSSR count). The molecule has 0 unspecified atom stereocenters. The van der Waals surface area contributed by atoms with E-state index in [0.717, 1.165) is 12.8 Å². The molecule has 0 bridgehead atoms. The van der Waals surface area contributed by atoms with Gasteiger partial charge < -0.3 is 4.74 Å². The molecule has 0 aliphatic rings. The summed E-state index contributed by atoms with van der Waals surface area (Å²) in [6, 6.07) is 0. The van der Waals surface area contributed by atoms with E-state index in [-0.39, 0.29) is 18.4 Å². The highest BCUT2D eigenvalue weighted by Gasteiger charge is 1.99. The topological polar surface area (TPSA) is 26.3 Å². The molecule has 0 fully saturated rings. The molecular weight excluding hydrogens is 188 g/mol. The number of rotatable bonds is 7. The summed E-state index contributed by atoms with van der Waals surface area (Å²) < 4.78 is 4.81. The molecule has 3 heteroatoms. The van der Waals surface area contributed by atoms with Crippen molar-refractivity contribution in [1.29, 1.82) is 0 Å². The summed E-state index contributed by atoms with van der Waals surface area (Å²) in [5.41, 5.74) is 0. The van der Waals surface area contributed by atoms with Crippen molar-refractivity contribution in [2.24, 2.45) is 0 Å². The van der Waals surface area contributed by atoms with Gasteiger partial charge in [-0.2, -0.15) is 0 Å². The highest BCUT2D eigenvalue weighted by atomic mass is 35.5. The minimum absolute atomic E-state index is 0. The molecule has 0 aromatic rings. The van der Waals surface area contributed by atoms with E-state index in [1.807, 2.05) is 6.92 Å². The molecule has 13 heavy (non-hydrogen) atoms. The van der Waals surface area contributed by atoms with Crippen LogP contribution in [0.5, 0.6) is 0 Å². The summed E-state index contributed by atoms with van der Waals surface area (Å²) in [5, 5.41) is 0. The van der Waals surface area contributed by atoms with Crippen LogP contribution in [-0.2, 0) is 9.53 Å². The largest absolute Gasteiger partial charge is 0.466 e. The highest BCUT2D eigenvalue weighted by molar-refractivity contribution is 5.85. The molecule has 0 aromatic carbocycles. The van der Waals surface area contributed by atoms with Crippen molar-refractivity contribution < 1.29 is 9.53 Å². The molecule has 0 saturated heterocycles. The first-order valence-corrected chi connectivity index (χ1v) is 4.96. The fourth-order valence-electron chi connectivity index (χ4n) is 1.11. The number of ether oxygens (including phenoxy) is 1. The van der Waals surface area contributed by atoms with Gasteiger partial charge in [-0.1, -0.05) is 32.6 Å². The third-order valence-electron chi connectivity index (χ3n) is 1.79. The summed E-state index contributed by atoms with van der Waals surface area (Å²) in [7, 11) is 0. The Kier molecular flexibility index (Phi) is 13.8.